The molecule has 3 N–H and O–H groups in total. The van der Waals surface area contributed by atoms with Gasteiger partial charge in [-0.25, -0.2) is 9.13 Å². The van der Waals surface area contributed by atoms with Crippen molar-refractivity contribution in [2.45, 2.75) is 438 Å². The third kappa shape index (κ3) is 72.2. The van der Waals surface area contributed by atoms with Gasteiger partial charge in [0, 0.05) is 25.7 Å². The van der Waals surface area contributed by atoms with Gasteiger partial charge in [-0.15, -0.1) is 0 Å². The molecule has 0 spiro atoms. The molecule has 97 heavy (non-hydrogen) atoms. The smallest absolute Gasteiger partial charge is 0.462 e. The second kappa shape index (κ2) is 72.4. The predicted octanol–water partition coefficient (Wildman–Crippen LogP) is 23.4. The van der Waals surface area contributed by atoms with Crippen LogP contribution in [-0.4, -0.2) is 96.7 Å². The Morgan fingerprint density at radius 2 is 0.412 bits per heavy atom. The Bertz CT molecular complexity index is 1840. The number of ether oxygens (including phenoxy) is 4. The summed E-state index contributed by atoms with van der Waals surface area (Å²) in [6, 6.07) is 0. The lowest BCUT2D eigenvalue weighted by atomic mass is 10.0. The minimum absolute atomic E-state index is 0.109. The molecule has 0 bridgehead atoms. The van der Waals surface area contributed by atoms with Crippen LogP contribution in [-0.2, 0) is 65.4 Å². The van der Waals surface area contributed by atoms with Crippen molar-refractivity contribution in [1.82, 2.24) is 0 Å². The molecule has 0 amide bonds. The van der Waals surface area contributed by atoms with E-state index in [4.69, 9.17) is 37.0 Å². The SMILES string of the molecule is CCCCCCCCCCCCCCCCCCCCCC(=O)O[C@H](COC(=O)CCCCCCCCCCCCCCCC)COP(=O)(O)OC[C@@H](O)COP(=O)(O)OC[C@@H](COC(=O)CCCCCCCCCCCC)OC(=O)CCCCCCCCCCCCCCCC. The van der Waals surface area contributed by atoms with Gasteiger partial charge in [0.1, 0.15) is 19.3 Å². The quantitative estimate of drug-likeness (QED) is 0.0222. The standard InChI is InChI=1S/C78H152O17P2/c1-5-9-13-17-21-25-29-32-35-36-37-38-39-42-45-49-53-57-61-65-78(83)95-74(69-89-76(81)63-59-55-51-47-43-40-33-30-26-22-18-14-10-6-2)71-93-97(86,87)91-67-72(79)66-90-96(84,85)92-70-73(68-88-75(80)62-58-54-50-46-28-24-20-16-12-8-4)94-77(82)64-60-56-52-48-44-41-34-31-27-23-19-15-11-7-3/h72-74,79H,5-71H2,1-4H3,(H,84,85)(H,86,87)/t72-,73+,74+/m0/s1. The number of rotatable bonds is 79. The molecule has 2 unspecified atom stereocenters. The third-order valence-electron chi connectivity index (χ3n) is 18.4. The number of unbranched alkanes of at least 4 members (excludes halogenated alkanes) is 53. The van der Waals surface area contributed by atoms with E-state index in [0.29, 0.717) is 25.7 Å². The Labute approximate surface area is 594 Å². The molecule has 0 saturated heterocycles. The lowest BCUT2D eigenvalue weighted by Crippen LogP contribution is -2.30. The van der Waals surface area contributed by atoms with E-state index in [1.165, 1.54) is 250 Å². The van der Waals surface area contributed by atoms with E-state index in [-0.39, 0.29) is 25.7 Å². The van der Waals surface area contributed by atoms with Crippen LogP contribution in [0.2, 0.25) is 0 Å². The first-order chi connectivity index (χ1) is 47.2. The van der Waals surface area contributed by atoms with Gasteiger partial charge in [-0.05, 0) is 25.7 Å². The van der Waals surface area contributed by atoms with Crippen LogP contribution in [0, 0.1) is 0 Å². The lowest BCUT2D eigenvalue weighted by molar-refractivity contribution is -0.161. The summed E-state index contributed by atoms with van der Waals surface area (Å²) in [4.78, 5) is 72.9. The molecule has 0 aromatic rings. The monoisotopic (exact) mass is 1420 g/mol. The second-order valence-corrected chi connectivity index (χ2v) is 31.0. The lowest BCUT2D eigenvalue weighted by Gasteiger charge is -2.21. The molecule has 0 rings (SSSR count). The fraction of sp³-hybridized carbons (Fsp3) is 0.949. The molecule has 0 aliphatic carbocycles. The van der Waals surface area contributed by atoms with Crippen molar-refractivity contribution in [3.05, 3.63) is 0 Å². The van der Waals surface area contributed by atoms with E-state index < -0.39 is 97.5 Å². The Balaban J connectivity index is 5.22. The van der Waals surface area contributed by atoms with Gasteiger partial charge < -0.3 is 33.8 Å². The van der Waals surface area contributed by atoms with E-state index >= 15 is 0 Å². The molecule has 0 aliphatic heterocycles. The number of phosphoric acid groups is 2. The van der Waals surface area contributed by atoms with Crippen LogP contribution in [0.15, 0.2) is 0 Å². The van der Waals surface area contributed by atoms with Crippen molar-refractivity contribution in [1.29, 1.82) is 0 Å². The maximum atomic E-state index is 13.1. The molecule has 17 nitrogen and oxygen atoms in total. The van der Waals surface area contributed by atoms with Crippen LogP contribution in [0.3, 0.4) is 0 Å². The maximum Gasteiger partial charge on any atom is 0.472 e. The van der Waals surface area contributed by atoms with Crippen molar-refractivity contribution < 1.29 is 80.2 Å². The fourth-order valence-corrected chi connectivity index (χ4v) is 13.7. The minimum Gasteiger partial charge on any atom is -0.462 e. The van der Waals surface area contributed by atoms with E-state index in [1.807, 2.05) is 0 Å². The summed E-state index contributed by atoms with van der Waals surface area (Å²) >= 11 is 0. The van der Waals surface area contributed by atoms with Crippen LogP contribution in [0.4, 0.5) is 0 Å². The summed E-state index contributed by atoms with van der Waals surface area (Å²) in [5.74, 6) is -2.11. The zero-order valence-electron chi connectivity index (χ0n) is 63.1. The van der Waals surface area contributed by atoms with Gasteiger partial charge in [-0.1, -0.05) is 368 Å². The number of carbonyl (C=O) groups is 4. The van der Waals surface area contributed by atoms with Gasteiger partial charge in [0.25, 0.3) is 0 Å². The molecule has 0 radical (unpaired) electrons. The summed E-state index contributed by atoms with van der Waals surface area (Å²) in [5.41, 5.74) is 0. The minimum atomic E-state index is -4.96. The van der Waals surface area contributed by atoms with Crippen LogP contribution < -0.4 is 0 Å². The highest BCUT2D eigenvalue weighted by molar-refractivity contribution is 7.47. The van der Waals surface area contributed by atoms with Crippen molar-refractivity contribution in [3.63, 3.8) is 0 Å². The molecular formula is C78H152O17P2. The number of phosphoric ester groups is 2. The van der Waals surface area contributed by atoms with E-state index in [0.717, 1.165) is 89.9 Å². The molecule has 19 heteroatoms. The summed E-state index contributed by atoms with van der Waals surface area (Å²) in [5, 5.41) is 10.6. The van der Waals surface area contributed by atoms with E-state index in [2.05, 4.69) is 27.7 Å². The molecule has 0 aliphatic rings. The Kier molecular flexibility index (Phi) is 71.0. The van der Waals surface area contributed by atoms with Crippen LogP contribution in [0.25, 0.3) is 0 Å². The van der Waals surface area contributed by atoms with Gasteiger partial charge in [-0.2, -0.15) is 0 Å². The van der Waals surface area contributed by atoms with E-state index in [9.17, 15) is 43.2 Å². The summed E-state index contributed by atoms with van der Waals surface area (Å²) in [6.45, 7) is 5.01. The number of hydrogen-bond donors (Lipinski definition) is 3. The van der Waals surface area contributed by atoms with Crippen molar-refractivity contribution in [3.8, 4) is 0 Å². The molecule has 0 heterocycles. The molecule has 576 valence electrons. The fourth-order valence-electron chi connectivity index (χ4n) is 12.1. The van der Waals surface area contributed by atoms with Crippen LogP contribution in [0.1, 0.15) is 419 Å². The highest BCUT2D eigenvalue weighted by Crippen LogP contribution is 2.45. The van der Waals surface area contributed by atoms with Gasteiger partial charge in [0.2, 0.25) is 0 Å². The molecule has 5 atom stereocenters. The topological polar surface area (TPSA) is 237 Å². The largest absolute Gasteiger partial charge is 0.472 e. The number of hydrogen-bond acceptors (Lipinski definition) is 15. The highest BCUT2D eigenvalue weighted by Gasteiger charge is 2.30. The Morgan fingerprint density at radius 3 is 0.608 bits per heavy atom. The zero-order chi connectivity index (χ0) is 71.1. The second-order valence-electron chi connectivity index (χ2n) is 28.1. The number of carbonyl (C=O) groups excluding carboxylic acids is 4. The third-order valence-corrected chi connectivity index (χ3v) is 20.3. The summed E-state index contributed by atoms with van der Waals surface area (Å²) in [6.07, 6.45) is 63.7. The first-order valence-corrected chi connectivity index (χ1v) is 43.8. The average molecular weight is 1420 g/mol. The molecule has 0 aromatic heterocycles. The molecular weight excluding hydrogens is 1270 g/mol. The first-order valence-electron chi connectivity index (χ1n) is 40.8. The molecule has 0 aromatic carbocycles. The molecule has 0 fully saturated rings. The van der Waals surface area contributed by atoms with Crippen molar-refractivity contribution in [2.24, 2.45) is 0 Å². The van der Waals surface area contributed by atoms with Gasteiger partial charge >= 0.3 is 39.5 Å². The van der Waals surface area contributed by atoms with Crippen LogP contribution >= 0.6 is 15.6 Å². The van der Waals surface area contributed by atoms with Crippen molar-refractivity contribution >= 4 is 39.5 Å². The van der Waals surface area contributed by atoms with Crippen LogP contribution in [0.5, 0.6) is 0 Å². The number of aliphatic hydroxyl groups is 1. The number of aliphatic hydroxyl groups excluding tert-OH is 1. The predicted molar refractivity (Wildman–Crippen MR) is 395 cm³/mol. The normalized spacial score (nSPS) is 13.8. The van der Waals surface area contributed by atoms with Gasteiger partial charge in [0.05, 0.1) is 26.4 Å². The first kappa shape index (κ1) is 95.1. The maximum absolute atomic E-state index is 13.1. The zero-order valence-corrected chi connectivity index (χ0v) is 64.8. The van der Waals surface area contributed by atoms with E-state index in [1.54, 1.807) is 0 Å². The number of esters is 4. The summed E-state index contributed by atoms with van der Waals surface area (Å²) in [7, 11) is -9.91. The molecule has 0 saturated carbocycles. The van der Waals surface area contributed by atoms with Crippen molar-refractivity contribution in [2.75, 3.05) is 39.6 Å². The van der Waals surface area contributed by atoms with Gasteiger partial charge in [-0.3, -0.25) is 37.3 Å². The summed E-state index contributed by atoms with van der Waals surface area (Å²) < 4.78 is 68.6. The Morgan fingerprint density at radius 1 is 0.247 bits per heavy atom. The Hall–Kier alpha value is -1.94. The van der Waals surface area contributed by atoms with Gasteiger partial charge in [0.15, 0.2) is 12.2 Å². The highest BCUT2D eigenvalue weighted by atomic mass is 31.2. The average Bonchev–Trinajstić information content (AvgIpc) is 1.59.